The summed E-state index contributed by atoms with van der Waals surface area (Å²) in [5.74, 6) is -0.605. The standard InChI is InChI=1S/C23H37N3O4/c1-10-26(21(28)17(6)25-22(29)30-23(7,8)9)19(20(27)24-14(2)3)18-13-15(4)11-12-16(18)5/h11-14,17,19H,10H2,1-9H3,(H,24,27)(H,25,29). The number of benzene rings is 1. The Morgan fingerprint density at radius 1 is 1.07 bits per heavy atom. The average Bonchev–Trinajstić information content (AvgIpc) is 2.58. The van der Waals surface area contributed by atoms with Crippen molar-refractivity contribution in [1.29, 1.82) is 0 Å². The third kappa shape index (κ3) is 7.35. The Hall–Kier alpha value is -2.57. The lowest BCUT2D eigenvalue weighted by atomic mass is 9.96. The first-order chi connectivity index (χ1) is 13.8. The van der Waals surface area contributed by atoms with Gasteiger partial charge < -0.3 is 20.3 Å². The van der Waals surface area contributed by atoms with Gasteiger partial charge in [0.1, 0.15) is 17.7 Å². The van der Waals surface area contributed by atoms with Gasteiger partial charge in [0.05, 0.1) is 0 Å². The van der Waals surface area contributed by atoms with Crippen LogP contribution < -0.4 is 10.6 Å². The van der Waals surface area contributed by atoms with Crippen molar-refractivity contribution in [2.24, 2.45) is 0 Å². The predicted molar refractivity (Wildman–Crippen MR) is 118 cm³/mol. The third-order valence-corrected chi connectivity index (χ3v) is 4.45. The van der Waals surface area contributed by atoms with Crippen molar-refractivity contribution in [2.45, 2.75) is 86.0 Å². The molecule has 0 fully saturated rings. The van der Waals surface area contributed by atoms with Gasteiger partial charge in [-0.1, -0.05) is 23.8 Å². The third-order valence-electron chi connectivity index (χ3n) is 4.45. The first kappa shape index (κ1) is 25.5. The molecule has 0 saturated heterocycles. The normalized spacial score (nSPS) is 13.4. The first-order valence-electron chi connectivity index (χ1n) is 10.4. The number of nitrogens with one attached hydrogen (secondary N) is 2. The quantitative estimate of drug-likeness (QED) is 0.706. The summed E-state index contributed by atoms with van der Waals surface area (Å²) in [7, 11) is 0. The van der Waals surface area contributed by atoms with E-state index in [-0.39, 0.29) is 17.9 Å². The number of alkyl carbamates (subject to hydrolysis) is 1. The maximum absolute atomic E-state index is 13.3. The van der Waals surface area contributed by atoms with E-state index in [2.05, 4.69) is 10.6 Å². The molecule has 168 valence electrons. The molecule has 0 aliphatic rings. The molecule has 1 aromatic carbocycles. The van der Waals surface area contributed by atoms with Crippen molar-refractivity contribution < 1.29 is 19.1 Å². The summed E-state index contributed by atoms with van der Waals surface area (Å²) in [6.45, 7) is 16.6. The Kier molecular flexibility index (Phi) is 8.88. The Morgan fingerprint density at radius 2 is 1.67 bits per heavy atom. The van der Waals surface area contributed by atoms with Crippen LogP contribution >= 0.6 is 0 Å². The lowest BCUT2D eigenvalue weighted by molar-refractivity contribution is -0.142. The summed E-state index contributed by atoms with van der Waals surface area (Å²) in [6.07, 6.45) is -0.672. The molecule has 7 heteroatoms. The highest BCUT2D eigenvalue weighted by atomic mass is 16.6. The lowest BCUT2D eigenvalue weighted by Crippen LogP contribution is -2.52. The molecule has 30 heavy (non-hydrogen) atoms. The van der Waals surface area contributed by atoms with Crippen LogP contribution in [-0.4, -0.2) is 47.0 Å². The van der Waals surface area contributed by atoms with Crippen LogP contribution in [0.5, 0.6) is 0 Å². The van der Waals surface area contributed by atoms with E-state index in [0.29, 0.717) is 6.54 Å². The molecule has 2 atom stereocenters. The topological polar surface area (TPSA) is 87.7 Å². The number of carbonyl (C=O) groups is 3. The first-order valence-corrected chi connectivity index (χ1v) is 10.4. The van der Waals surface area contributed by atoms with Gasteiger partial charge in [0.15, 0.2) is 0 Å². The van der Waals surface area contributed by atoms with E-state index >= 15 is 0 Å². The fourth-order valence-electron chi connectivity index (χ4n) is 3.13. The number of nitrogens with zero attached hydrogens (tertiary/aromatic N) is 1. The average molecular weight is 420 g/mol. The fourth-order valence-corrected chi connectivity index (χ4v) is 3.13. The zero-order valence-corrected chi connectivity index (χ0v) is 19.8. The van der Waals surface area contributed by atoms with Gasteiger partial charge in [-0.2, -0.15) is 0 Å². The molecule has 0 saturated carbocycles. The van der Waals surface area contributed by atoms with Crippen molar-refractivity contribution in [1.82, 2.24) is 15.5 Å². The monoisotopic (exact) mass is 419 g/mol. The second kappa shape index (κ2) is 10.5. The minimum atomic E-state index is -0.848. The molecule has 1 rings (SSSR count). The molecule has 2 unspecified atom stereocenters. The molecule has 0 aromatic heterocycles. The maximum atomic E-state index is 13.3. The number of hydrogen-bond acceptors (Lipinski definition) is 4. The van der Waals surface area contributed by atoms with Gasteiger partial charge in [-0.05, 0) is 73.4 Å². The van der Waals surface area contributed by atoms with E-state index in [0.717, 1.165) is 16.7 Å². The number of ether oxygens (including phenoxy) is 1. The van der Waals surface area contributed by atoms with E-state index in [1.165, 1.54) is 4.90 Å². The SMILES string of the molecule is CCN(C(=O)C(C)NC(=O)OC(C)(C)C)C(C(=O)NC(C)C)c1cc(C)ccc1C. The molecular weight excluding hydrogens is 382 g/mol. The Morgan fingerprint density at radius 3 is 2.17 bits per heavy atom. The smallest absolute Gasteiger partial charge is 0.408 e. The zero-order valence-electron chi connectivity index (χ0n) is 19.8. The molecule has 0 spiro atoms. The number of carbonyl (C=O) groups excluding carboxylic acids is 3. The number of hydrogen-bond donors (Lipinski definition) is 2. The molecule has 7 nitrogen and oxygen atoms in total. The summed E-state index contributed by atoms with van der Waals surface area (Å²) >= 11 is 0. The summed E-state index contributed by atoms with van der Waals surface area (Å²) in [5.41, 5.74) is 2.02. The Balaban J connectivity index is 3.25. The van der Waals surface area contributed by atoms with E-state index in [4.69, 9.17) is 4.74 Å². The molecule has 0 bridgehead atoms. The highest BCUT2D eigenvalue weighted by Gasteiger charge is 2.34. The van der Waals surface area contributed by atoms with Gasteiger partial charge in [0, 0.05) is 12.6 Å². The maximum Gasteiger partial charge on any atom is 0.408 e. The second-order valence-corrected chi connectivity index (χ2v) is 8.92. The van der Waals surface area contributed by atoms with Gasteiger partial charge in [-0.3, -0.25) is 9.59 Å². The Bertz CT molecular complexity index is 768. The van der Waals surface area contributed by atoms with Crippen molar-refractivity contribution in [3.05, 3.63) is 34.9 Å². The summed E-state index contributed by atoms with van der Waals surface area (Å²) in [6, 6.07) is 4.13. The van der Waals surface area contributed by atoms with Crippen LogP contribution in [0.2, 0.25) is 0 Å². The van der Waals surface area contributed by atoms with Crippen LogP contribution in [0, 0.1) is 13.8 Å². The molecule has 1 aromatic rings. The Labute approximate surface area is 180 Å². The highest BCUT2D eigenvalue weighted by molar-refractivity contribution is 5.92. The lowest BCUT2D eigenvalue weighted by Gasteiger charge is -2.34. The second-order valence-electron chi connectivity index (χ2n) is 8.92. The summed E-state index contributed by atoms with van der Waals surface area (Å²) in [5, 5.41) is 5.50. The van der Waals surface area contributed by atoms with Crippen molar-refractivity contribution in [3.8, 4) is 0 Å². The van der Waals surface area contributed by atoms with Crippen LogP contribution in [-0.2, 0) is 14.3 Å². The van der Waals surface area contributed by atoms with Crippen LogP contribution in [0.4, 0.5) is 4.79 Å². The van der Waals surface area contributed by atoms with Gasteiger partial charge in [0.25, 0.3) is 0 Å². The van der Waals surface area contributed by atoms with Crippen molar-refractivity contribution >= 4 is 17.9 Å². The molecule has 2 N–H and O–H groups in total. The van der Waals surface area contributed by atoms with Crippen LogP contribution in [0.25, 0.3) is 0 Å². The molecule has 3 amide bonds. The van der Waals surface area contributed by atoms with Crippen LogP contribution in [0.3, 0.4) is 0 Å². The molecule has 0 aliphatic carbocycles. The highest BCUT2D eigenvalue weighted by Crippen LogP contribution is 2.26. The summed E-state index contributed by atoms with van der Waals surface area (Å²) in [4.78, 5) is 40.0. The summed E-state index contributed by atoms with van der Waals surface area (Å²) < 4.78 is 5.25. The van der Waals surface area contributed by atoms with E-state index in [9.17, 15) is 14.4 Å². The van der Waals surface area contributed by atoms with Crippen molar-refractivity contribution in [3.63, 3.8) is 0 Å². The molecule has 0 aliphatic heterocycles. The van der Waals surface area contributed by atoms with E-state index < -0.39 is 23.8 Å². The van der Waals surface area contributed by atoms with E-state index in [1.807, 2.05) is 52.8 Å². The minimum Gasteiger partial charge on any atom is -0.444 e. The van der Waals surface area contributed by atoms with Gasteiger partial charge in [-0.15, -0.1) is 0 Å². The molecule has 0 radical (unpaired) electrons. The van der Waals surface area contributed by atoms with Crippen LogP contribution in [0.15, 0.2) is 18.2 Å². The van der Waals surface area contributed by atoms with E-state index in [1.54, 1.807) is 27.7 Å². The number of amides is 3. The van der Waals surface area contributed by atoms with Gasteiger partial charge in [0.2, 0.25) is 11.8 Å². The minimum absolute atomic E-state index is 0.0729. The molecule has 0 heterocycles. The van der Waals surface area contributed by atoms with Crippen molar-refractivity contribution in [2.75, 3.05) is 6.54 Å². The van der Waals surface area contributed by atoms with Gasteiger partial charge in [-0.25, -0.2) is 4.79 Å². The van der Waals surface area contributed by atoms with Gasteiger partial charge >= 0.3 is 6.09 Å². The largest absolute Gasteiger partial charge is 0.444 e. The number of aryl methyl sites for hydroxylation is 2. The fraction of sp³-hybridized carbons (Fsp3) is 0.609. The molecular formula is C23H37N3O4. The predicted octanol–water partition coefficient (Wildman–Crippen LogP) is 3.63. The number of likely N-dealkylation sites (N-methyl/N-ethyl adjacent to an activating group) is 1. The van der Waals surface area contributed by atoms with Crippen LogP contribution in [0.1, 0.15) is 71.2 Å². The zero-order chi connectivity index (χ0) is 23.2. The number of rotatable bonds is 7.